The second-order valence-electron chi connectivity index (χ2n) is 5.41. The van der Waals surface area contributed by atoms with Gasteiger partial charge in [-0.15, -0.1) is 10.2 Å². The number of aliphatic hydroxyl groups excluding tert-OH is 2. The predicted octanol–water partition coefficient (Wildman–Crippen LogP) is 1.16. The molecular weight excluding hydrogens is 326 g/mol. The summed E-state index contributed by atoms with van der Waals surface area (Å²) in [5, 5.41) is 31.1. The zero-order valence-electron chi connectivity index (χ0n) is 12.1. The molecule has 2 heterocycles. The molecule has 2 aromatic rings. The number of benzene rings is 1. The average Bonchev–Trinajstić information content (AvgIpc) is 3.07. The minimum atomic E-state index is -0.959. The largest absolute Gasteiger partial charge is 0.392 e. The predicted molar refractivity (Wildman–Crippen MR) is 80.9 cm³/mol. The van der Waals surface area contributed by atoms with Gasteiger partial charge in [0.2, 0.25) is 5.13 Å². The van der Waals surface area contributed by atoms with Crippen molar-refractivity contribution in [1.82, 2.24) is 15.1 Å². The smallest absolute Gasteiger partial charge is 0.208 e. The molecule has 0 saturated carbocycles. The molecule has 3 rings (SSSR count). The number of rotatable bonds is 5. The van der Waals surface area contributed by atoms with E-state index in [1.54, 1.807) is 4.90 Å². The number of β-amino-alcohol motifs (C(OH)–C–C–N with tert-alkyl or cyclic N) is 1. The lowest BCUT2D eigenvalue weighted by atomic mass is 10.1. The number of hydrogen-bond donors (Lipinski definition) is 3. The fraction of sp³-hybridized carbons (Fsp3) is 0.429. The summed E-state index contributed by atoms with van der Waals surface area (Å²) in [7, 11) is 0. The van der Waals surface area contributed by atoms with Gasteiger partial charge in [-0.3, -0.25) is 4.90 Å². The highest BCUT2D eigenvalue weighted by atomic mass is 32.1. The Morgan fingerprint density at radius 1 is 1.30 bits per heavy atom. The Morgan fingerprint density at radius 2 is 2.04 bits per heavy atom. The van der Waals surface area contributed by atoms with E-state index in [9.17, 15) is 19.0 Å². The third kappa shape index (κ3) is 4.20. The molecule has 124 valence electrons. The Morgan fingerprint density at radius 3 is 2.70 bits per heavy atom. The molecule has 0 amide bonds. The standard InChI is InChI=1S/C14H16F2N4O2S/c15-9-3-8(4-10(16)6-9)5-12-18-19-13(23-12)17-14(22)20-2-1-11(21)7-20/h3-4,6,11,14,21-22H,1-2,5,7H2,(H,17,19)/t11-,14?/m0/s1. The lowest BCUT2D eigenvalue weighted by Gasteiger charge is -2.22. The van der Waals surface area contributed by atoms with E-state index in [0.29, 0.717) is 35.2 Å². The fourth-order valence-corrected chi connectivity index (χ4v) is 3.25. The van der Waals surface area contributed by atoms with Crippen molar-refractivity contribution in [2.75, 3.05) is 18.4 Å². The van der Waals surface area contributed by atoms with E-state index < -0.39 is 24.1 Å². The zero-order valence-corrected chi connectivity index (χ0v) is 12.9. The SMILES string of the molecule is OC(Nc1nnc(Cc2cc(F)cc(F)c2)s1)N1CC[C@H](O)C1. The lowest BCUT2D eigenvalue weighted by molar-refractivity contribution is 0.0341. The number of halogens is 2. The van der Waals surface area contributed by atoms with Crippen LogP contribution < -0.4 is 5.32 Å². The van der Waals surface area contributed by atoms with Gasteiger partial charge in [0.1, 0.15) is 16.6 Å². The van der Waals surface area contributed by atoms with Crippen LogP contribution in [-0.4, -0.2) is 50.9 Å². The molecule has 1 aromatic carbocycles. The van der Waals surface area contributed by atoms with E-state index in [1.807, 2.05) is 0 Å². The van der Waals surface area contributed by atoms with Crippen molar-refractivity contribution in [2.24, 2.45) is 0 Å². The summed E-state index contributed by atoms with van der Waals surface area (Å²) >= 11 is 1.20. The fourth-order valence-electron chi connectivity index (χ4n) is 2.46. The second-order valence-corrected chi connectivity index (χ2v) is 6.47. The number of aromatic nitrogens is 2. The minimum absolute atomic E-state index is 0.256. The van der Waals surface area contributed by atoms with Crippen LogP contribution >= 0.6 is 11.3 Å². The molecular formula is C14H16F2N4O2S. The van der Waals surface area contributed by atoms with E-state index in [2.05, 4.69) is 15.5 Å². The highest BCUT2D eigenvalue weighted by Crippen LogP contribution is 2.21. The molecule has 0 radical (unpaired) electrons. The van der Waals surface area contributed by atoms with Crippen molar-refractivity contribution in [1.29, 1.82) is 0 Å². The van der Waals surface area contributed by atoms with Crippen molar-refractivity contribution < 1.29 is 19.0 Å². The van der Waals surface area contributed by atoms with Crippen LogP contribution in [0.3, 0.4) is 0 Å². The summed E-state index contributed by atoms with van der Waals surface area (Å²) in [4.78, 5) is 1.69. The van der Waals surface area contributed by atoms with Gasteiger partial charge in [0, 0.05) is 25.6 Å². The maximum Gasteiger partial charge on any atom is 0.208 e. The first-order chi connectivity index (χ1) is 11.0. The number of aliphatic hydroxyl groups is 2. The Labute approximate surface area is 135 Å². The lowest BCUT2D eigenvalue weighted by Crippen LogP contribution is -2.39. The molecule has 1 fully saturated rings. The van der Waals surface area contributed by atoms with Crippen molar-refractivity contribution in [3.63, 3.8) is 0 Å². The van der Waals surface area contributed by atoms with Gasteiger partial charge in [-0.05, 0) is 24.1 Å². The van der Waals surface area contributed by atoms with Gasteiger partial charge in [-0.25, -0.2) is 8.78 Å². The zero-order chi connectivity index (χ0) is 16.4. The number of nitrogens with one attached hydrogen (secondary N) is 1. The van der Waals surface area contributed by atoms with E-state index in [0.717, 1.165) is 6.07 Å². The monoisotopic (exact) mass is 342 g/mol. The van der Waals surface area contributed by atoms with Crippen LogP contribution in [0.1, 0.15) is 17.0 Å². The van der Waals surface area contributed by atoms with Gasteiger partial charge in [0.25, 0.3) is 0 Å². The van der Waals surface area contributed by atoms with Crippen LogP contribution in [0.15, 0.2) is 18.2 Å². The minimum Gasteiger partial charge on any atom is -0.392 e. The van der Waals surface area contributed by atoms with Crippen LogP contribution in [0.2, 0.25) is 0 Å². The molecule has 1 saturated heterocycles. The third-order valence-corrected chi connectivity index (χ3v) is 4.39. The summed E-state index contributed by atoms with van der Waals surface area (Å²) in [5.41, 5.74) is 0.466. The van der Waals surface area contributed by atoms with Crippen LogP contribution in [-0.2, 0) is 6.42 Å². The van der Waals surface area contributed by atoms with Crippen molar-refractivity contribution in [2.45, 2.75) is 25.3 Å². The van der Waals surface area contributed by atoms with E-state index in [-0.39, 0.29) is 6.42 Å². The molecule has 0 spiro atoms. The topological polar surface area (TPSA) is 81.5 Å². The molecule has 9 heteroatoms. The first kappa shape index (κ1) is 16.2. The summed E-state index contributed by atoms with van der Waals surface area (Å²) in [6.45, 7) is 0.978. The molecule has 1 aliphatic heterocycles. The van der Waals surface area contributed by atoms with Crippen LogP contribution in [0.5, 0.6) is 0 Å². The molecule has 1 aliphatic rings. The molecule has 2 atom stereocenters. The van der Waals surface area contributed by atoms with E-state index in [4.69, 9.17) is 0 Å². The van der Waals surface area contributed by atoms with Crippen LogP contribution in [0.4, 0.5) is 13.9 Å². The number of anilines is 1. The van der Waals surface area contributed by atoms with Gasteiger partial charge < -0.3 is 15.5 Å². The van der Waals surface area contributed by atoms with E-state index in [1.165, 1.54) is 23.5 Å². The maximum absolute atomic E-state index is 13.2. The molecule has 6 nitrogen and oxygen atoms in total. The van der Waals surface area contributed by atoms with Crippen molar-refractivity contribution in [3.05, 3.63) is 40.4 Å². The van der Waals surface area contributed by atoms with Gasteiger partial charge >= 0.3 is 0 Å². The summed E-state index contributed by atoms with van der Waals surface area (Å²) in [6.07, 6.45) is -0.517. The molecule has 0 bridgehead atoms. The van der Waals surface area contributed by atoms with E-state index >= 15 is 0 Å². The highest BCUT2D eigenvalue weighted by Gasteiger charge is 2.26. The highest BCUT2D eigenvalue weighted by molar-refractivity contribution is 7.15. The first-order valence-electron chi connectivity index (χ1n) is 7.13. The van der Waals surface area contributed by atoms with Crippen LogP contribution in [0, 0.1) is 11.6 Å². The number of nitrogens with zero attached hydrogens (tertiary/aromatic N) is 3. The molecule has 3 N–H and O–H groups in total. The van der Waals surface area contributed by atoms with Crippen LogP contribution in [0.25, 0.3) is 0 Å². The molecule has 23 heavy (non-hydrogen) atoms. The second kappa shape index (κ2) is 6.83. The molecule has 1 unspecified atom stereocenters. The van der Waals surface area contributed by atoms with Gasteiger partial charge in [-0.2, -0.15) is 0 Å². The number of hydrogen-bond acceptors (Lipinski definition) is 7. The average molecular weight is 342 g/mol. The Hall–Kier alpha value is -1.68. The summed E-state index contributed by atoms with van der Waals surface area (Å²) in [5.74, 6) is -1.27. The van der Waals surface area contributed by atoms with Gasteiger partial charge in [0.15, 0.2) is 6.35 Å². The van der Waals surface area contributed by atoms with Crippen molar-refractivity contribution in [3.8, 4) is 0 Å². The summed E-state index contributed by atoms with van der Waals surface area (Å²) < 4.78 is 26.3. The van der Waals surface area contributed by atoms with Gasteiger partial charge in [-0.1, -0.05) is 11.3 Å². The van der Waals surface area contributed by atoms with Gasteiger partial charge in [0.05, 0.1) is 6.10 Å². The number of likely N-dealkylation sites (tertiary alicyclic amines) is 1. The van der Waals surface area contributed by atoms with Crippen molar-refractivity contribution >= 4 is 16.5 Å². The normalized spacial score (nSPS) is 19.9. The maximum atomic E-state index is 13.2. The Kier molecular flexibility index (Phi) is 4.81. The molecule has 1 aromatic heterocycles. The first-order valence-corrected chi connectivity index (χ1v) is 7.95. The molecule has 0 aliphatic carbocycles. The quantitative estimate of drug-likeness (QED) is 0.708. The Bertz CT molecular complexity index is 664. The Balaban J connectivity index is 1.61. The third-order valence-electron chi connectivity index (χ3n) is 3.54. The summed E-state index contributed by atoms with van der Waals surface area (Å²) in [6, 6.07) is 3.31.